The number of aromatic nitrogens is 2. The maximum absolute atomic E-state index is 11.9. The number of fused-ring (bicyclic) bond motifs is 1. The second-order valence-electron chi connectivity index (χ2n) is 4.29. The third kappa shape index (κ3) is 2.63. The van der Waals surface area contributed by atoms with Gasteiger partial charge in [-0.25, -0.2) is 4.98 Å². The Labute approximate surface area is 110 Å². The second-order valence-corrected chi connectivity index (χ2v) is 4.29. The summed E-state index contributed by atoms with van der Waals surface area (Å²) in [5, 5.41) is 2.84. The van der Waals surface area contributed by atoms with Gasteiger partial charge in [0.05, 0.1) is 17.5 Å². The molecule has 0 spiro atoms. The van der Waals surface area contributed by atoms with Crippen molar-refractivity contribution in [3.63, 3.8) is 0 Å². The molecule has 1 heterocycles. The van der Waals surface area contributed by atoms with E-state index in [1.165, 1.54) is 0 Å². The molecule has 0 aliphatic heterocycles. The Hall–Kier alpha value is -2.62. The van der Waals surface area contributed by atoms with E-state index < -0.39 is 0 Å². The van der Waals surface area contributed by atoms with Crippen LogP contribution in [-0.2, 0) is 11.2 Å². The van der Waals surface area contributed by atoms with E-state index >= 15 is 0 Å². The van der Waals surface area contributed by atoms with Crippen molar-refractivity contribution in [3.8, 4) is 0 Å². The predicted octanol–water partition coefficient (Wildman–Crippen LogP) is 2.74. The number of H-pyrrole nitrogens is 1. The number of nitrogens with zero attached hydrogens (tertiary/aromatic N) is 1. The lowest BCUT2D eigenvalue weighted by Crippen LogP contribution is -2.15. The van der Waals surface area contributed by atoms with Gasteiger partial charge in [-0.15, -0.1) is 0 Å². The highest BCUT2D eigenvalue weighted by molar-refractivity contribution is 5.92. The first-order valence-corrected chi connectivity index (χ1v) is 6.10. The van der Waals surface area contributed by atoms with Gasteiger partial charge in [-0.1, -0.05) is 30.3 Å². The fraction of sp³-hybridized carbons (Fsp3) is 0.0667. The summed E-state index contributed by atoms with van der Waals surface area (Å²) in [5.41, 5.74) is 2.62. The monoisotopic (exact) mass is 251 g/mol. The van der Waals surface area contributed by atoms with E-state index in [2.05, 4.69) is 15.3 Å². The molecule has 0 aliphatic rings. The summed E-state index contributed by atoms with van der Waals surface area (Å²) in [6, 6.07) is 17.1. The van der Waals surface area contributed by atoms with Gasteiger partial charge in [0.25, 0.3) is 0 Å². The minimum atomic E-state index is -0.0785. The van der Waals surface area contributed by atoms with Crippen LogP contribution in [0, 0.1) is 0 Å². The molecule has 0 aliphatic carbocycles. The maximum atomic E-state index is 11.9. The van der Waals surface area contributed by atoms with Crippen LogP contribution in [0.5, 0.6) is 0 Å². The van der Waals surface area contributed by atoms with Crippen molar-refractivity contribution in [2.24, 2.45) is 0 Å². The smallest absolute Gasteiger partial charge is 0.231 e. The van der Waals surface area contributed by atoms with Crippen LogP contribution in [0.25, 0.3) is 11.0 Å². The summed E-state index contributed by atoms with van der Waals surface area (Å²) in [5.74, 6) is 0.597. The van der Waals surface area contributed by atoms with Gasteiger partial charge in [-0.2, -0.15) is 0 Å². The summed E-state index contributed by atoms with van der Waals surface area (Å²) in [6.45, 7) is 0. The highest BCUT2D eigenvalue weighted by atomic mass is 16.1. The summed E-state index contributed by atoms with van der Waals surface area (Å²) in [4.78, 5) is 19.4. The number of nitrogens with one attached hydrogen (secondary N) is 2. The molecule has 0 fully saturated rings. The Bertz CT molecular complexity index is 670. The first kappa shape index (κ1) is 11.5. The van der Waals surface area contributed by atoms with E-state index in [9.17, 15) is 4.79 Å². The molecule has 1 amide bonds. The number of aromatic amines is 1. The van der Waals surface area contributed by atoms with Crippen LogP contribution in [0.4, 0.5) is 5.69 Å². The molecular weight excluding hydrogens is 238 g/mol. The molecule has 1 aromatic heterocycles. The molecule has 19 heavy (non-hydrogen) atoms. The molecule has 0 unspecified atom stereocenters. The van der Waals surface area contributed by atoms with Gasteiger partial charge in [0.1, 0.15) is 5.82 Å². The van der Waals surface area contributed by atoms with Gasteiger partial charge in [0, 0.05) is 5.69 Å². The fourth-order valence-corrected chi connectivity index (χ4v) is 1.97. The van der Waals surface area contributed by atoms with E-state index in [1.54, 1.807) is 0 Å². The number of para-hydroxylation sites is 3. The summed E-state index contributed by atoms with van der Waals surface area (Å²) >= 11 is 0. The number of amides is 1. The molecule has 2 aromatic carbocycles. The molecular formula is C15H13N3O. The van der Waals surface area contributed by atoms with Crippen LogP contribution in [-0.4, -0.2) is 15.9 Å². The molecule has 3 rings (SSSR count). The number of carbonyl (C=O) groups excluding carboxylic acids is 1. The Kier molecular flexibility index (Phi) is 2.98. The van der Waals surface area contributed by atoms with Crippen molar-refractivity contribution in [2.45, 2.75) is 6.42 Å². The summed E-state index contributed by atoms with van der Waals surface area (Å²) in [6.07, 6.45) is 0.240. The Balaban J connectivity index is 1.72. The lowest BCUT2D eigenvalue weighted by atomic mass is 10.3. The molecule has 3 aromatic rings. The zero-order chi connectivity index (χ0) is 13.1. The highest BCUT2D eigenvalue weighted by Crippen LogP contribution is 2.11. The van der Waals surface area contributed by atoms with Crippen molar-refractivity contribution in [1.29, 1.82) is 0 Å². The minimum absolute atomic E-state index is 0.0785. The van der Waals surface area contributed by atoms with Crippen LogP contribution in [0.2, 0.25) is 0 Å². The Morgan fingerprint density at radius 3 is 2.58 bits per heavy atom. The van der Waals surface area contributed by atoms with Gasteiger partial charge >= 0.3 is 0 Å². The number of carbonyl (C=O) groups is 1. The number of benzene rings is 2. The van der Waals surface area contributed by atoms with E-state index in [0.29, 0.717) is 5.82 Å². The molecule has 94 valence electrons. The highest BCUT2D eigenvalue weighted by Gasteiger charge is 2.08. The molecule has 0 saturated carbocycles. The Morgan fingerprint density at radius 2 is 1.79 bits per heavy atom. The molecule has 0 saturated heterocycles. The van der Waals surface area contributed by atoms with Crippen molar-refractivity contribution in [1.82, 2.24) is 9.97 Å². The average molecular weight is 251 g/mol. The van der Waals surface area contributed by atoms with Crippen molar-refractivity contribution in [2.75, 3.05) is 5.32 Å². The van der Waals surface area contributed by atoms with Crippen molar-refractivity contribution in [3.05, 3.63) is 60.4 Å². The Morgan fingerprint density at radius 1 is 1.05 bits per heavy atom. The molecule has 0 atom stereocenters. The number of imidazole rings is 1. The number of hydrogen-bond acceptors (Lipinski definition) is 2. The fourth-order valence-electron chi connectivity index (χ4n) is 1.97. The lowest BCUT2D eigenvalue weighted by molar-refractivity contribution is -0.115. The van der Waals surface area contributed by atoms with E-state index in [4.69, 9.17) is 0 Å². The molecule has 4 heteroatoms. The van der Waals surface area contributed by atoms with Crippen LogP contribution in [0.3, 0.4) is 0 Å². The molecule has 2 N–H and O–H groups in total. The number of hydrogen-bond donors (Lipinski definition) is 2. The van der Waals surface area contributed by atoms with Crippen LogP contribution < -0.4 is 5.32 Å². The first-order valence-electron chi connectivity index (χ1n) is 6.10. The lowest BCUT2D eigenvalue weighted by Gasteiger charge is -2.02. The maximum Gasteiger partial charge on any atom is 0.231 e. The van der Waals surface area contributed by atoms with Crippen LogP contribution in [0.1, 0.15) is 5.82 Å². The van der Waals surface area contributed by atoms with Crippen molar-refractivity contribution < 1.29 is 4.79 Å². The van der Waals surface area contributed by atoms with Crippen molar-refractivity contribution >= 4 is 22.6 Å². The minimum Gasteiger partial charge on any atom is -0.342 e. The van der Waals surface area contributed by atoms with Gasteiger partial charge in [0.15, 0.2) is 0 Å². The average Bonchev–Trinajstić information content (AvgIpc) is 2.81. The molecule has 0 radical (unpaired) electrons. The van der Waals surface area contributed by atoms with Gasteiger partial charge in [-0.3, -0.25) is 4.79 Å². The number of anilines is 1. The van der Waals surface area contributed by atoms with Gasteiger partial charge in [0.2, 0.25) is 5.91 Å². The topological polar surface area (TPSA) is 57.8 Å². The first-order chi connectivity index (χ1) is 9.31. The van der Waals surface area contributed by atoms with Gasteiger partial charge < -0.3 is 10.3 Å². The standard InChI is InChI=1S/C15H13N3O/c19-15(16-11-6-2-1-3-7-11)10-14-17-12-8-4-5-9-13(12)18-14/h1-9H,10H2,(H,16,19)(H,17,18). The third-order valence-electron chi connectivity index (χ3n) is 2.82. The van der Waals surface area contributed by atoms with Crippen LogP contribution >= 0.6 is 0 Å². The number of rotatable bonds is 3. The quantitative estimate of drug-likeness (QED) is 0.752. The summed E-state index contributed by atoms with van der Waals surface area (Å²) < 4.78 is 0. The zero-order valence-electron chi connectivity index (χ0n) is 10.3. The van der Waals surface area contributed by atoms with E-state index in [0.717, 1.165) is 16.7 Å². The van der Waals surface area contributed by atoms with E-state index in [-0.39, 0.29) is 12.3 Å². The third-order valence-corrected chi connectivity index (χ3v) is 2.82. The molecule has 4 nitrogen and oxygen atoms in total. The van der Waals surface area contributed by atoms with Crippen LogP contribution in [0.15, 0.2) is 54.6 Å². The van der Waals surface area contributed by atoms with E-state index in [1.807, 2.05) is 54.6 Å². The van der Waals surface area contributed by atoms with Gasteiger partial charge in [-0.05, 0) is 24.3 Å². The largest absolute Gasteiger partial charge is 0.342 e. The predicted molar refractivity (Wildman–Crippen MR) is 74.9 cm³/mol. The summed E-state index contributed by atoms with van der Waals surface area (Å²) in [7, 11) is 0. The normalized spacial score (nSPS) is 10.5. The molecule has 0 bridgehead atoms. The second kappa shape index (κ2) is 4.94. The SMILES string of the molecule is O=C(Cc1nc2ccccc2[nH]1)Nc1ccccc1. The zero-order valence-corrected chi connectivity index (χ0v) is 10.3.